The van der Waals surface area contributed by atoms with E-state index in [-0.39, 0.29) is 17.6 Å². The van der Waals surface area contributed by atoms with Gasteiger partial charge in [0.2, 0.25) is 0 Å². The molecule has 3 amide bonds. The molecule has 0 aromatic heterocycles. The van der Waals surface area contributed by atoms with Crippen molar-refractivity contribution in [2.75, 3.05) is 23.0 Å². The maximum Gasteiger partial charge on any atom is 0.283 e. The molecule has 0 unspecified atom stereocenters. The number of hydrogen-bond acceptors (Lipinski definition) is 7. The Morgan fingerprint density at radius 3 is 1.48 bits per heavy atom. The molecule has 4 N–H and O–H groups in total. The number of hydrogen-bond donors (Lipinski definition) is 4. The van der Waals surface area contributed by atoms with Gasteiger partial charge in [0.05, 0.1) is 0 Å². The number of benzene rings is 5. The first-order chi connectivity index (χ1) is 22.3. The van der Waals surface area contributed by atoms with E-state index in [1.807, 2.05) is 19.2 Å². The van der Waals surface area contributed by atoms with Crippen LogP contribution < -0.4 is 31.0 Å². The van der Waals surface area contributed by atoms with Crippen LogP contribution in [0.1, 0.15) is 48.4 Å². The van der Waals surface area contributed by atoms with E-state index >= 15 is 0 Å². The molecule has 0 spiro atoms. The zero-order valence-electron chi connectivity index (χ0n) is 25.0. The maximum absolute atomic E-state index is 12.8. The summed E-state index contributed by atoms with van der Waals surface area (Å²) in [6, 6.07) is 33.5. The van der Waals surface area contributed by atoms with E-state index in [2.05, 4.69) is 21.4 Å². The molecule has 0 radical (unpaired) electrons. The van der Waals surface area contributed by atoms with Crippen LogP contribution in [-0.2, 0) is 0 Å². The Morgan fingerprint density at radius 2 is 0.957 bits per heavy atom. The molecule has 0 aliphatic rings. The van der Waals surface area contributed by atoms with Crippen molar-refractivity contribution in [2.45, 2.75) is 6.92 Å². The van der Waals surface area contributed by atoms with Crippen LogP contribution >= 0.6 is 0 Å². The summed E-state index contributed by atoms with van der Waals surface area (Å²) < 4.78 is 5.90. The molecule has 5 aromatic carbocycles. The van der Waals surface area contributed by atoms with Crippen LogP contribution in [0.3, 0.4) is 0 Å². The standard InChI is InChI=1S/C36H30N4O6/c1-23(41)24-6-8-27(9-7-24)36(44)40-46-33-5-3-4-32(22-33)45-31-20-18-30(19-21-31)39-35(43)26-12-10-25(11-13-26)34(42)38-29-16-14-28(37-2)15-17-29/h3-22,37H,1-2H3,(H,38,42)(H,39,43)(H,40,44). The number of anilines is 3. The molecule has 0 atom stereocenters. The molecule has 10 nitrogen and oxygen atoms in total. The van der Waals surface area contributed by atoms with E-state index in [1.165, 1.54) is 6.92 Å². The first kappa shape index (κ1) is 31.0. The quantitative estimate of drug-likeness (QED) is 0.0934. The predicted molar refractivity (Wildman–Crippen MR) is 176 cm³/mol. The Bertz CT molecular complexity index is 1850. The van der Waals surface area contributed by atoms with Gasteiger partial charge in [-0.05, 0) is 104 Å². The van der Waals surface area contributed by atoms with Gasteiger partial charge >= 0.3 is 0 Å². The van der Waals surface area contributed by atoms with E-state index in [4.69, 9.17) is 9.57 Å². The van der Waals surface area contributed by atoms with Crippen molar-refractivity contribution in [1.29, 1.82) is 0 Å². The van der Waals surface area contributed by atoms with Crippen molar-refractivity contribution in [3.8, 4) is 17.2 Å². The van der Waals surface area contributed by atoms with Crippen molar-refractivity contribution >= 4 is 40.6 Å². The summed E-state index contributed by atoms with van der Waals surface area (Å²) in [7, 11) is 1.82. The number of carbonyl (C=O) groups excluding carboxylic acids is 4. The van der Waals surface area contributed by atoms with E-state index < -0.39 is 5.91 Å². The van der Waals surface area contributed by atoms with Gasteiger partial charge < -0.3 is 25.5 Å². The second kappa shape index (κ2) is 14.4. The third kappa shape index (κ3) is 8.14. The van der Waals surface area contributed by atoms with E-state index in [1.54, 1.807) is 109 Å². The molecular weight excluding hydrogens is 584 g/mol. The summed E-state index contributed by atoms with van der Waals surface area (Å²) in [5.41, 5.74) is 6.21. The van der Waals surface area contributed by atoms with E-state index in [0.717, 1.165) is 5.69 Å². The lowest BCUT2D eigenvalue weighted by Gasteiger charge is -2.11. The molecule has 0 aliphatic heterocycles. The number of carbonyl (C=O) groups is 4. The molecule has 0 saturated heterocycles. The monoisotopic (exact) mass is 614 g/mol. The minimum atomic E-state index is -0.466. The smallest absolute Gasteiger partial charge is 0.283 e. The highest BCUT2D eigenvalue weighted by Gasteiger charge is 2.11. The van der Waals surface area contributed by atoms with Gasteiger partial charge in [-0.2, -0.15) is 5.48 Å². The van der Waals surface area contributed by atoms with Gasteiger partial charge in [-0.3, -0.25) is 19.2 Å². The van der Waals surface area contributed by atoms with Crippen molar-refractivity contribution in [2.24, 2.45) is 0 Å². The first-order valence-electron chi connectivity index (χ1n) is 14.2. The van der Waals surface area contributed by atoms with Crippen LogP contribution in [0.15, 0.2) is 121 Å². The minimum Gasteiger partial charge on any atom is -0.457 e. The average molecular weight is 615 g/mol. The number of ether oxygens (including phenoxy) is 1. The fraction of sp³-hybridized carbons (Fsp3) is 0.0556. The summed E-state index contributed by atoms with van der Waals surface area (Å²) >= 11 is 0. The van der Waals surface area contributed by atoms with Crippen molar-refractivity contribution in [3.63, 3.8) is 0 Å². The molecule has 0 saturated carbocycles. The largest absolute Gasteiger partial charge is 0.457 e. The van der Waals surface area contributed by atoms with Gasteiger partial charge in [-0.25, -0.2) is 0 Å². The van der Waals surface area contributed by atoms with Crippen LogP contribution in [0.5, 0.6) is 17.2 Å². The fourth-order valence-electron chi connectivity index (χ4n) is 4.26. The van der Waals surface area contributed by atoms with Crippen molar-refractivity contribution in [1.82, 2.24) is 5.48 Å². The SMILES string of the molecule is CNc1ccc(NC(=O)c2ccc(C(=O)Nc3ccc(Oc4cccc(ONC(=O)c5ccc(C(C)=O)cc5)c4)cc3)cc2)cc1. The number of hydroxylamine groups is 1. The third-order valence-electron chi connectivity index (χ3n) is 6.81. The van der Waals surface area contributed by atoms with Crippen LogP contribution in [0.4, 0.5) is 17.1 Å². The molecule has 46 heavy (non-hydrogen) atoms. The minimum absolute atomic E-state index is 0.0859. The highest BCUT2D eigenvalue weighted by atomic mass is 16.7. The number of rotatable bonds is 11. The normalized spacial score (nSPS) is 10.3. The zero-order valence-corrected chi connectivity index (χ0v) is 25.0. The highest BCUT2D eigenvalue weighted by Crippen LogP contribution is 2.26. The maximum atomic E-state index is 12.8. The Hall–Kier alpha value is -6.42. The number of nitrogens with one attached hydrogen (secondary N) is 4. The Kier molecular flexibility index (Phi) is 9.69. The molecule has 0 fully saturated rings. The molecule has 0 bridgehead atoms. The molecule has 0 heterocycles. The summed E-state index contributed by atoms with van der Waals surface area (Å²) in [5.74, 6) is 0.171. The van der Waals surface area contributed by atoms with E-state index in [0.29, 0.717) is 50.9 Å². The lowest BCUT2D eigenvalue weighted by Crippen LogP contribution is -2.26. The Morgan fingerprint density at radius 1 is 0.500 bits per heavy atom. The van der Waals surface area contributed by atoms with Crippen LogP contribution in [-0.4, -0.2) is 30.6 Å². The summed E-state index contributed by atoms with van der Waals surface area (Å²) in [4.78, 5) is 54.6. The Labute approximate surface area is 265 Å². The lowest BCUT2D eigenvalue weighted by atomic mass is 10.1. The number of Topliss-reactive ketones (excluding diaryl/α,β-unsaturated/α-hetero) is 1. The number of ketones is 1. The van der Waals surface area contributed by atoms with Gasteiger partial charge in [-0.15, -0.1) is 0 Å². The molecule has 5 rings (SSSR count). The van der Waals surface area contributed by atoms with E-state index in [9.17, 15) is 19.2 Å². The second-order valence-electron chi connectivity index (χ2n) is 10.1. The van der Waals surface area contributed by atoms with Crippen LogP contribution in [0.25, 0.3) is 0 Å². The van der Waals surface area contributed by atoms with Crippen molar-refractivity contribution < 1.29 is 28.8 Å². The topological polar surface area (TPSA) is 135 Å². The molecule has 5 aromatic rings. The summed E-state index contributed by atoms with van der Waals surface area (Å²) in [5, 5.41) is 8.69. The molecule has 230 valence electrons. The van der Waals surface area contributed by atoms with Crippen molar-refractivity contribution in [3.05, 3.63) is 144 Å². The second-order valence-corrected chi connectivity index (χ2v) is 10.1. The summed E-state index contributed by atoms with van der Waals surface area (Å²) in [6.07, 6.45) is 0. The molecule has 0 aliphatic carbocycles. The van der Waals surface area contributed by atoms with Crippen LogP contribution in [0.2, 0.25) is 0 Å². The molecule has 10 heteroatoms. The highest BCUT2D eigenvalue weighted by molar-refractivity contribution is 6.07. The van der Waals surface area contributed by atoms with Gasteiger partial charge in [0.15, 0.2) is 11.5 Å². The number of amides is 3. The van der Waals surface area contributed by atoms with Crippen LogP contribution in [0, 0.1) is 0 Å². The van der Waals surface area contributed by atoms with Gasteiger partial charge in [0.25, 0.3) is 17.7 Å². The van der Waals surface area contributed by atoms with Gasteiger partial charge in [-0.1, -0.05) is 18.2 Å². The summed E-state index contributed by atoms with van der Waals surface area (Å²) in [6.45, 7) is 1.46. The van der Waals surface area contributed by atoms with Gasteiger partial charge in [0, 0.05) is 52.4 Å². The first-order valence-corrected chi connectivity index (χ1v) is 14.2. The van der Waals surface area contributed by atoms with Gasteiger partial charge in [0.1, 0.15) is 11.5 Å². The molecular formula is C36H30N4O6. The fourth-order valence-corrected chi connectivity index (χ4v) is 4.26. The Balaban J connectivity index is 1.12. The lowest BCUT2D eigenvalue weighted by molar-refractivity contribution is 0.0758. The third-order valence-corrected chi connectivity index (χ3v) is 6.81. The average Bonchev–Trinajstić information content (AvgIpc) is 3.08. The predicted octanol–water partition coefficient (Wildman–Crippen LogP) is 6.95. The zero-order chi connectivity index (χ0) is 32.5.